The first-order chi connectivity index (χ1) is 10.8. The first kappa shape index (κ1) is 16.1. The number of carboxylic acid groups (broad SMARTS) is 1. The Morgan fingerprint density at radius 2 is 1.96 bits per heavy atom. The van der Waals surface area contributed by atoms with Gasteiger partial charge in [0.25, 0.3) is 5.91 Å². The smallest absolute Gasteiger partial charge is 0.390 e. The third-order valence-corrected chi connectivity index (χ3v) is 3.24. The number of benzene rings is 1. The van der Waals surface area contributed by atoms with E-state index in [1.165, 1.54) is 35.0 Å². The number of anilines is 1. The molecule has 1 aromatic carbocycles. The van der Waals surface area contributed by atoms with Crippen molar-refractivity contribution in [1.82, 2.24) is 9.78 Å². The summed E-state index contributed by atoms with van der Waals surface area (Å²) in [6.07, 6.45) is 0. The van der Waals surface area contributed by atoms with Crippen molar-refractivity contribution in [3.8, 4) is 0 Å². The first-order valence-electron chi connectivity index (χ1n) is 6.64. The van der Waals surface area contributed by atoms with Crippen LogP contribution in [0, 0.1) is 17.0 Å². The number of aromatic carboxylic acids is 1. The quantitative estimate of drug-likeness (QED) is 0.641. The van der Waals surface area contributed by atoms with Crippen LogP contribution in [0.3, 0.4) is 0 Å². The minimum atomic E-state index is -1.06. The molecule has 1 heterocycles. The van der Waals surface area contributed by atoms with Gasteiger partial charge in [-0.25, -0.2) is 4.79 Å². The molecule has 9 nitrogen and oxygen atoms in total. The summed E-state index contributed by atoms with van der Waals surface area (Å²) in [6, 6.07) is 6.19. The molecule has 1 amide bonds. The van der Waals surface area contributed by atoms with Crippen LogP contribution in [0.2, 0.25) is 0 Å². The zero-order valence-corrected chi connectivity index (χ0v) is 12.4. The number of nitrogens with one attached hydrogen (secondary N) is 1. The molecule has 0 unspecified atom stereocenters. The van der Waals surface area contributed by atoms with E-state index < -0.39 is 22.8 Å². The van der Waals surface area contributed by atoms with Crippen molar-refractivity contribution in [2.24, 2.45) is 0 Å². The van der Waals surface area contributed by atoms with Gasteiger partial charge in [-0.05, 0) is 43.0 Å². The molecule has 1 aromatic heterocycles. The Morgan fingerprint density at radius 1 is 1.35 bits per heavy atom. The van der Waals surface area contributed by atoms with E-state index in [1.807, 2.05) is 0 Å². The molecule has 120 valence electrons. The van der Waals surface area contributed by atoms with Gasteiger partial charge in [-0.15, -0.1) is 0 Å². The van der Waals surface area contributed by atoms with Crippen LogP contribution in [-0.2, 0) is 4.79 Å². The number of hydrogen-bond acceptors (Lipinski definition) is 5. The number of aryl methyl sites for hydroxylation is 1. The summed E-state index contributed by atoms with van der Waals surface area (Å²) >= 11 is 0. The van der Waals surface area contributed by atoms with Crippen molar-refractivity contribution < 1.29 is 19.6 Å². The highest BCUT2D eigenvalue weighted by Crippen LogP contribution is 2.18. The third kappa shape index (κ3) is 3.51. The van der Waals surface area contributed by atoms with Crippen LogP contribution >= 0.6 is 0 Å². The molecule has 0 saturated carbocycles. The van der Waals surface area contributed by atoms with Crippen LogP contribution in [0.1, 0.15) is 29.0 Å². The van der Waals surface area contributed by atoms with Crippen molar-refractivity contribution in [2.75, 3.05) is 5.32 Å². The third-order valence-electron chi connectivity index (χ3n) is 3.24. The highest BCUT2D eigenvalue weighted by Gasteiger charge is 2.24. The predicted molar refractivity (Wildman–Crippen MR) is 80.4 cm³/mol. The number of carbonyl (C=O) groups is 2. The molecule has 1 atom stereocenters. The summed E-state index contributed by atoms with van der Waals surface area (Å²) in [5.74, 6) is -1.81. The van der Waals surface area contributed by atoms with E-state index in [0.717, 1.165) is 0 Å². The van der Waals surface area contributed by atoms with Crippen molar-refractivity contribution in [3.05, 3.63) is 51.7 Å². The lowest BCUT2D eigenvalue weighted by atomic mass is 10.2. The predicted octanol–water partition coefficient (Wildman–Crippen LogP) is 2.00. The van der Waals surface area contributed by atoms with Gasteiger partial charge in [0.2, 0.25) is 0 Å². The second-order valence-corrected chi connectivity index (χ2v) is 4.89. The molecule has 0 bridgehead atoms. The van der Waals surface area contributed by atoms with Crippen LogP contribution in [0.5, 0.6) is 0 Å². The minimum Gasteiger partial charge on any atom is -0.478 e. The fourth-order valence-corrected chi connectivity index (χ4v) is 2.01. The number of nitro groups is 1. The molecule has 0 radical (unpaired) electrons. The highest BCUT2D eigenvalue weighted by atomic mass is 16.6. The lowest BCUT2D eigenvalue weighted by Crippen LogP contribution is -2.25. The molecule has 0 aliphatic carbocycles. The number of nitrogens with zero attached hydrogens (tertiary/aromatic N) is 3. The summed E-state index contributed by atoms with van der Waals surface area (Å²) < 4.78 is 1.26. The second kappa shape index (κ2) is 6.26. The normalized spacial score (nSPS) is 11.7. The van der Waals surface area contributed by atoms with E-state index in [9.17, 15) is 19.7 Å². The SMILES string of the molecule is Cc1cc([N+](=O)[O-])nn1[C@@H](C)C(=O)Nc1ccc(C(=O)O)cc1. The van der Waals surface area contributed by atoms with E-state index >= 15 is 0 Å². The maximum atomic E-state index is 12.2. The number of aromatic nitrogens is 2. The van der Waals surface area contributed by atoms with Crippen molar-refractivity contribution >= 4 is 23.4 Å². The van der Waals surface area contributed by atoms with E-state index in [4.69, 9.17) is 5.11 Å². The Balaban J connectivity index is 2.13. The van der Waals surface area contributed by atoms with Gasteiger partial charge >= 0.3 is 11.8 Å². The molecule has 0 aliphatic rings. The van der Waals surface area contributed by atoms with Gasteiger partial charge in [0, 0.05) is 5.69 Å². The van der Waals surface area contributed by atoms with Crippen molar-refractivity contribution in [3.63, 3.8) is 0 Å². The molecular formula is C14H14N4O5. The van der Waals surface area contributed by atoms with Gasteiger partial charge < -0.3 is 20.5 Å². The summed E-state index contributed by atoms with van der Waals surface area (Å²) in [5.41, 5.74) is 1.02. The number of hydrogen-bond donors (Lipinski definition) is 2. The summed E-state index contributed by atoms with van der Waals surface area (Å²) in [7, 11) is 0. The van der Waals surface area contributed by atoms with Crippen LogP contribution in [0.25, 0.3) is 0 Å². The van der Waals surface area contributed by atoms with Gasteiger partial charge in [0.05, 0.1) is 22.4 Å². The van der Waals surface area contributed by atoms with Gasteiger partial charge in [0.1, 0.15) is 6.04 Å². The van der Waals surface area contributed by atoms with Gasteiger partial charge in [-0.2, -0.15) is 4.68 Å². The molecule has 23 heavy (non-hydrogen) atoms. The number of carbonyl (C=O) groups excluding carboxylic acids is 1. The van der Waals surface area contributed by atoms with Gasteiger partial charge in [-0.1, -0.05) is 0 Å². The monoisotopic (exact) mass is 318 g/mol. The molecule has 9 heteroatoms. The number of rotatable bonds is 5. The zero-order valence-electron chi connectivity index (χ0n) is 12.4. The summed E-state index contributed by atoms with van der Waals surface area (Å²) in [6.45, 7) is 3.18. The molecular weight excluding hydrogens is 304 g/mol. The van der Waals surface area contributed by atoms with Crippen LogP contribution in [0.4, 0.5) is 11.5 Å². The second-order valence-electron chi connectivity index (χ2n) is 4.89. The summed E-state index contributed by atoms with van der Waals surface area (Å²) in [4.78, 5) is 33.1. The van der Waals surface area contributed by atoms with Crippen LogP contribution < -0.4 is 5.32 Å². The Bertz CT molecular complexity index is 766. The van der Waals surface area contributed by atoms with Crippen LogP contribution in [-0.4, -0.2) is 31.7 Å². The number of amides is 1. The van der Waals surface area contributed by atoms with E-state index in [1.54, 1.807) is 13.8 Å². The average molecular weight is 318 g/mol. The van der Waals surface area contributed by atoms with E-state index in [0.29, 0.717) is 11.4 Å². The largest absolute Gasteiger partial charge is 0.478 e. The van der Waals surface area contributed by atoms with Crippen LogP contribution in [0.15, 0.2) is 30.3 Å². The zero-order chi connectivity index (χ0) is 17.1. The van der Waals surface area contributed by atoms with Crippen molar-refractivity contribution in [2.45, 2.75) is 19.9 Å². The average Bonchev–Trinajstić information content (AvgIpc) is 2.89. The Morgan fingerprint density at radius 3 is 2.43 bits per heavy atom. The molecule has 0 aliphatic heterocycles. The maximum Gasteiger partial charge on any atom is 0.390 e. The van der Waals surface area contributed by atoms with Gasteiger partial charge in [-0.3, -0.25) is 4.79 Å². The minimum absolute atomic E-state index is 0.106. The lowest BCUT2D eigenvalue weighted by Gasteiger charge is -2.11. The highest BCUT2D eigenvalue weighted by molar-refractivity contribution is 5.94. The molecule has 2 rings (SSSR count). The Labute approximate surface area is 130 Å². The fraction of sp³-hybridized carbons (Fsp3) is 0.214. The molecule has 2 aromatic rings. The lowest BCUT2D eigenvalue weighted by molar-refractivity contribution is -0.389. The van der Waals surface area contributed by atoms with E-state index in [2.05, 4.69) is 10.4 Å². The Kier molecular flexibility index (Phi) is 4.39. The van der Waals surface area contributed by atoms with Crippen molar-refractivity contribution in [1.29, 1.82) is 0 Å². The molecule has 0 saturated heterocycles. The first-order valence-corrected chi connectivity index (χ1v) is 6.64. The molecule has 0 fully saturated rings. The Hall–Kier alpha value is -3.23. The number of carboxylic acids is 1. The maximum absolute atomic E-state index is 12.2. The fourth-order valence-electron chi connectivity index (χ4n) is 2.01. The molecule has 2 N–H and O–H groups in total. The molecule has 0 spiro atoms. The van der Waals surface area contributed by atoms with Gasteiger partial charge in [0.15, 0.2) is 0 Å². The summed E-state index contributed by atoms with van der Waals surface area (Å²) in [5, 5.41) is 25.9. The standard InChI is InChI=1S/C14H14N4O5/c1-8-7-12(18(22)23)16-17(8)9(2)13(19)15-11-5-3-10(4-6-11)14(20)21/h3-7,9H,1-2H3,(H,15,19)(H,20,21)/t9-/m0/s1. The van der Waals surface area contributed by atoms with E-state index in [-0.39, 0.29) is 11.4 Å². The topological polar surface area (TPSA) is 127 Å².